The van der Waals surface area contributed by atoms with E-state index in [-0.39, 0.29) is 6.61 Å². The van der Waals surface area contributed by atoms with E-state index in [1.165, 1.54) is 0 Å². The fourth-order valence-electron chi connectivity index (χ4n) is 0.917. The van der Waals surface area contributed by atoms with Crippen molar-refractivity contribution in [2.75, 3.05) is 5.32 Å². The van der Waals surface area contributed by atoms with Gasteiger partial charge in [-0.05, 0) is 28.1 Å². The topological polar surface area (TPSA) is 49.3 Å². The van der Waals surface area contributed by atoms with E-state index < -0.39 is 0 Å². The minimum atomic E-state index is -0.147. The molecule has 1 aromatic rings. The van der Waals surface area contributed by atoms with Gasteiger partial charge in [-0.1, -0.05) is 11.6 Å². The molecule has 3 nitrogen and oxygen atoms in total. The zero-order valence-electron chi connectivity index (χ0n) is 6.55. The predicted octanol–water partition coefficient (Wildman–Crippen LogP) is 2.16. The maximum absolute atomic E-state index is 10.2. The summed E-state index contributed by atoms with van der Waals surface area (Å²) in [6.07, 6.45) is 0.540. The first-order valence-electron chi connectivity index (χ1n) is 3.48. The second-order valence-corrected chi connectivity index (χ2v) is 3.61. The van der Waals surface area contributed by atoms with Gasteiger partial charge in [0.15, 0.2) is 0 Å². The molecule has 0 aliphatic rings. The Morgan fingerprint density at radius 1 is 1.62 bits per heavy atom. The van der Waals surface area contributed by atoms with Crippen LogP contribution in [0.25, 0.3) is 0 Å². The van der Waals surface area contributed by atoms with E-state index in [1.807, 2.05) is 0 Å². The number of rotatable bonds is 3. The molecule has 70 valence electrons. The number of hydrogen-bond acceptors (Lipinski definition) is 2. The number of carbonyl (C=O) groups excluding carboxylic acids is 1. The zero-order chi connectivity index (χ0) is 9.84. The van der Waals surface area contributed by atoms with Crippen molar-refractivity contribution in [1.82, 2.24) is 0 Å². The largest absolute Gasteiger partial charge is 0.392 e. The summed E-state index contributed by atoms with van der Waals surface area (Å²) in [7, 11) is 0. The van der Waals surface area contributed by atoms with Crippen LogP contribution < -0.4 is 5.32 Å². The van der Waals surface area contributed by atoms with Gasteiger partial charge in [-0.15, -0.1) is 0 Å². The first-order chi connectivity index (χ1) is 6.19. The van der Waals surface area contributed by atoms with Crippen LogP contribution in [0, 0.1) is 0 Å². The molecule has 0 aromatic heterocycles. The summed E-state index contributed by atoms with van der Waals surface area (Å²) in [5.74, 6) is 0. The van der Waals surface area contributed by atoms with Crippen molar-refractivity contribution in [3.63, 3.8) is 0 Å². The monoisotopic (exact) mass is 263 g/mol. The minimum Gasteiger partial charge on any atom is -0.392 e. The number of amides is 1. The average Bonchev–Trinajstić information content (AvgIpc) is 2.11. The summed E-state index contributed by atoms with van der Waals surface area (Å²) >= 11 is 9.01. The van der Waals surface area contributed by atoms with Crippen molar-refractivity contribution in [3.8, 4) is 0 Å². The van der Waals surface area contributed by atoms with Gasteiger partial charge in [-0.3, -0.25) is 4.79 Å². The van der Waals surface area contributed by atoms with Gasteiger partial charge >= 0.3 is 0 Å². The Bertz CT molecular complexity index is 330. The van der Waals surface area contributed by atoms with Crippen LogP contribution in [-0.2, 0) is 11.4 Å². The van der Waals surface area contributed by atoms with Crippen LogP contribution in [0.2, 0.25) is 5.02 Å². The number of halogens is 2. The van der Waals surface area contributed by atoms with Gasteiger partial charge in [0.05, 0.1) is 11.6 Å². The molecule has 0 fully saturated rings. The zero-order valence-corrected chi connectivity index (χ0v) is 8.89. The number of aliphatic hydroxyl groups excluding tert-OH is 1. The number of nitrogens with one attached hydrogen (secondary N) is 1. The summed E-state index contributed by atoms with van der Waals surface area (Å²) < 4.78 is 0.690. The molecular weight excluding hydrogens is 257 g/mol. The lowest BCUT2D eigenvalue weighted by atomic mass is 10.2. The van der Waals surface area contributed by atoms with Gasteiger partial charge in [0, 0.05) is 15.7 Å². The Labute approximate surface area is 88.8 Å². The van der Waals surface area contributed by atoms with E-state index >= 15 is 0 Å². The highest BCUT2D eigenvalue weighted by Crippen LogP contribution is 2.29. The summed E-state index contributed by atoms with van der Waals surface area (Å²) in [6, 6.07) is 3.24. The summed E-state index contributed by atoms with van der Waals surface area (Å²) in [4.78, 5) is 10.2. The summed E-state index contributed by atoms with van der Waals surface area (Å²) in [5.41, 5.74) is 1.13. The molecule has 13 heavy (non-hydrogen) atoms. The number of hydrogen-bond donors (Lipinski definition) is 2. The van der Waals surface area contributed by atoms with Crippen molar-refractivity contribution in [2.45, 2.75) is 6.61 Å². The molecule has 0 saturated carbocycles. The average molecular weight is 265 g/mol. The van der Waals surface area contributed by atoms with Gasteiger partial charge in [0.2, 0.25) is 6.41 Å². The molecule has 0 saturated heterocycles. The Morgan fingerprint density at radius 2 is 2.31 bits per heavy atom. The highest BCUT2D eigenvalue weighted by Gasteiger charge is 2.05. The Morgan fingerprint density at radius 3 is 2.85 bits per heavy atom. The molecule has 1 amide bonds. The maximum Gasteiger partial charge on any atom is 0.211 e. The van der Waals surface area contributed by atoms with E-state index in [1.54, 1.807) is 12.1 Å². The van der Waals surface area contributed by atoms with Crippen molar-refractivity contribution < 1.29 is 9.90 Å². The number of carbonyl (C=O) groups is 1. The summed E-state index contributed by atoms with van der Waals surface area (Å²) in [5, 5.41) is 11.9. The Hall–Kier alpha value is -0.580. The van der Waals surface area contributed by atoms with E-state index in [4.69, 9.17) is 16.7 Å². The van der Waals surface area contributed by atoms with Crippen molar-refractivity contribution in [3.05, 3.63) is 27.2 Å². The van der Waals surface area contributed by atoms with Crippen molar-refractivity contribution in [1.29, 1.82) is 0 Å². The van der Waals surface area contributed by atoms with Gasteiger partial charge in [0.25, 0.3) is 0 Å². The van der Waals surface area contributed by atoms with Gasteiger partial charge in [-0.2, -0.15) is 0 Å². The quantitative estimate of drug-likeness (QED) is 0.822. The molecule has 0 radical (unpaired) electrons. The molecule has 1 aromatic carbocycles. The Kier molecular flexibility index (Phi) is 3.71. The lowest BCUT2D eigenvalue weighted by molar-refractivity contribution is -0.105. The van der Waals surface area contributed by atoms with Crippen LogP contribution in [0.3, 0.4) is 0 Å². The standard InChI is InChI=1S/C8H7BrClNO2/c9-6-1-5(3-12)8(11-4-13)2-7(6)10/h1-2,4,12H,3H2,(H,11,13). The number of aliphatic hydroxyl groups is 1. The van der Waals surface area contributed by atoms with E-state index in [2.05, 4.69) is 21.2 Å². The van der Waals surface area contributed by atoms with Crippen molar-refractivity contribution in [2.24, 2.45) is 0 Å². The van der Waals surface area contributed by atoms with Crippen LogP contribution in [0.1, 0.15) is 5.56 Å². The van der Waals surface area contributed by atoms with Crippen LogP contribution in [0.5, 0.6) is 0 Å². The van der Waals surface area contributed by atoms with Crippen LogP contribution >= 0.6 is 27.5 Å². The highest BCUT2D eigenvalue weighted by molar-refractivity contribution is 9.10. The molecule has 0 heterocycles. The number of benzene rings is 1. The third-order valence-electron chi connectivity index (χ3n) is 1.53. The smallest absolute Gasteiger partial charge is 0.211 e. The van der Waals surface area contributed by atoms with Gasteiger partial charge in [-0.25, -0.2) is 0 Å². The van der Waals surface area contributed by atoms with Crippen molar-refractivity contribution >= 4 is 39.6 Å². The molecule has 2 N–H and O–H groups in total. The lowest BCUT2D eigenvalue weighted by Gasteiger charge is -2.07. The maximum atomic E-state index is 10.2. The molecule has 0 aliphatic heterocycles. The third kappa shape index (κ3) is 2.43. The second-order valence-electron chi connectivity index (χ2n) is 2.34. The van der Waals surface area contributed by atoms with Gasteiger partial charge < -0.3 is 10.4 Å². The summed E-state index contributed by atoms with van der Waals surface area (Å²) in [6.45, 7) is -0.147. The fourth-order valence-corrected chi connectivity index (χ4v) is 1.47. The normalized spacial score (nSPS) is 9.77. The first-order valence-corrected chi connectivity index (χ1v) is 4.65. The first kappa shape index (κ1) is 10.5. The SMILES string of the molecule is O=CNc1cc(Cl)c(Br)cc1CO. The second kappa shape index (κ2) is 4.60. The van der Waals surface area contributed by atoms with E-state index in [0.717, 1.165) is 0 Å². The third-order valence-corrected chi connectivity index (χ3v) is 2.73. The van der Waals surface area contributed by atoms with Crippen LogP contribution in [0.15, 0.2) is 16.6 Å². The van der Waals surface area contributed by atoms with Crippen LogP contribution in [-0.4, -0.2) is 11.5 Å². The highest BCUT2D eigenvalue weighted by atomic mass is 79.9. The van der Waals surface area contributed by atoms with Gasteiger partial charge in [0.1, 0.15) is 0 Å². The predicted molar refractivity (Wildman–Crippen MR) is 54.8 cm³/mol. The molecule has 0 spiro atoms. The molecule has 0 aliphatic carbocycles. The fraction of sp³-hybridized carbons (Fsp3) is 0.125. The molecule has 1 rings (SSSR count). The molecular formula is C8H7BrClNO2. The lowest BCUT2D eigenvalue weighted by Crippen LogP contribution is -1.99. The molecule has 5 heteroatoms. The molecule has 0 unspecified atom stereocenters. The molecule has 0 atom stereocenters. The minimum absolute atomic E-state index is 0.147. The Balaban J connectivity index is 3.15. The molecule has 0 bridgehead atoms. The number of anilines is 1. The van der Waals surface area contributed by atoms with E-state index in [9.17, 15) is 4.79 Å². The van der Waals surface area contributed by atoms with Crippen LogP contribution in [0.4, 0.5) is 5.69 Å². The van der Waals surface area contributed by atoms with E-state index in [0.29, 0.717) is 27.2 Å².